The lowest BCUT2D eigenvalue weighted by molar-refractivity contribution is -0.137. The Morgan fingerprint density at radius 1 is 1.03 bits per heavy atom. The summed E-state index contributed by atoms with van der Waals surface area (Å²) in [6, 6.07) is 16.9. The van der Waals surface area contributed by atoms with Crippen molar-refractivity contribution in [3.63, 3.8) is 0 Å². The summed E-state index contributed by atoms with van der Waals surface area (Å²) in [4.78, 5) is 12.6. The fourth-order valence-corrected chi connectivity index (χ4v) is 5.32. The number of hydrogen-bond acceptors (Lipinski definition) is 4. The second kappa shape index (κ2) is 12.3. The molecule has 0 aromatic heterocycles. The molecule has 0 radical (unpaired) electrons. The molecule has 0 unspecified atom stereocenters. The number of benzene rings is 3. The number of carbonyl (C=O) groups excluding carboxylic acids is 1. The lowest BCUT2D eigenvalue weighted by Gasteiger charge is -2.26. The monoisotopic (exact) mass is 554 g/mol. The first-order valence-electron chi connectivity index (χ1n) is 11.5. The number of para-hydroxylation sites is 1. The van der Waals surface area contributed by atoms with E-state index in [-0.39, 0.29) is 16.5 Å². The molecule has 0 saturated heterocycles. The largest absolute Gasteiger partial charge is 0.494 e. The predicted octanol–water partition coefficient (Wildman–Crippen LogP) is 5.70. The van der Waals surface area contributed by atoms with Gasteiger partial charge in [0.05, 0.1) is 27.8 Å². The standard InChI is InChI=1S/C26H26ClF3N2O4S/c1-2-36-24-13-7-6-9-19(24)10-8-16-31-25(33)18-32(37(34,35)21-11-4-3-5-12-21)23-17-20(26(28,29)30)14-15-22(23)27/h3-7,9,11-15,17H,2,8,10,16,18H2,1H3,(H,31,33). The first kappa shape index (κ1) is 28.3. The van der Waals surface area contributed by atoms with E-state index in [0.29, 0.717) is 29.8 Å². The Labute approximate surface area is 219 Å². The first-order valence-corrected chi connectivity index (χ1v) is 13.3. The van der Waals surface area contributed by atoms with Crippen molar-refractivity contribution in [2.75, 3.05) is 24.0 Å². The van der Waals surface area contributed by atoms with E-state index in [1.165, 1.54) is 24.3 Å². The number of carbonyl (C=O) groups is 1. The lowest BCUT2D eigenvalue weighted by atomic mass is 10.1. The van der Waals surface area contributed by atoms with Crippen molar-refractivity contribution < 1.29 is 31.1 Å². The van der Waals surface area contributed by atoms with E-state index in [0.717, 1.165) is 23.4 Å². The van der Waals surface area contributed by atoms with Gasteiger partial charge in [0.15, 0.2) is 0 Å². The Balaban J connectivity index is 1.80. The van der Waals surface area contributed by atoms with Gasteiger partial charge in [0.2, 0.25) is 5.91 Å². The van der Waals surface area contributed by atoms with Gasteiger partial charge in [0.1, 0.15) is 12.3 Å². The summed E-state index contributed by atoms with van der Waals surface area (Å²) in [5.74, 6) is 0.0572. The van der Waals surface area contributed by atoms with Gasteiger partial charge in [0, 0.05) is 6.54 Å². The maximum atomic E-state index is 13.4. The van der Waals surface area contributed by atoms with E-state index >= 15 is 0 Å². The van der Waals surface area contributed by atoms with E-state index in [1.807, 2.05) is 31.2 Å². The molecule has 198 valence electrons. The molecule has 0 spiro atoms. The summed E-state index contributed by atoms with van der Waals surface area (Å²) in [6.45, 7) is 1.85. The van der Waals surface area contributed by atoms with Gasteiger partial charge in [-0.3, -0.25) is 9.10 Å². The average Bonchev–Trinajstić information content (AvgIpc) is 2.86. The summed E-state index contributed by atoms with van der Waals surface area (Å²) in [6.07, 6.45) is -3.60. The molecule has 11 heteroatoms. The maximum Gasteiger partial charge on any atom is 0.416 e. The van der Waals surface area contributed by atoms with Gasteiger partial charge >= 0.3 is 6.18 Å². The predicted molar refractivity (Wildman–Crippen MR) is 136 cm³/mol. The molecule has 0 fully saturated rings. The van der Waals surface area contributed by atoms with Gasteiger partial charge in [-0.2, -0.15) is 13.2 Å². The summed E-state index contributed by atoms with van der Waals surface area (Å²) >= 11 is 6.14. The van der Waals surface area contributed by atoms with Crippen LogP contribution in [0.1, 0.15) is 24.5 Å². The van der Waals surface area contributed by atoms with Crippen LogP contribution in [-0.2, 0) is 27.4 Å². The van der Waals surface area contributed by atoms with Gasteiger partial charge in [-0.05, 0) is 61.7 Å². The molecule has 1 N–H and O–H groups in total. The second-order valence-corrected chi connectivity index (χ2v) is 10.3. The van der Waals surface area contributed by atoms with Crippen LogP contribution in [-0.4, -0.2) is 34.0 Å². The number of alkyl halides is 3. The van der Waals surface area contributed by atoms with Crippen LogP contribution < -0.4 is 14.4 Å². The number of amides is 1. The number of nitrogens with one attached hydrogen (secondary N) is 1. The fourth-order valence-electron chi connectivity index (χ4n) is 3.60. The number of aryl methyl sites for hydroxylation is 1. The van der Waals surface area contributed by atoms with Crippen LogP contribution in [0.3, 0.4) is 0 Å². The van der Waals surface area contributed by atoms with Crippen LogP contribution >= 0.6 is 11.6 Å². The topological polar surface area (TPSA) is 75.7 Å². The third kappa shape index (κ3) is 7.39. The summed E-state index contributed by atoms with van der Waals surface area (Å²) in [5, 5.41) is 2.40. The first-order chi connectivity index (χ1) is 17.5. The number of nitrogens with zero attached hydrogens (tertiary/aromatic N) is 1. The van der Waals surface area contributed by atoms with Crippen molar-refractivity contribution >= 4 is 33.2 Å². The summed E-state index contributed by atoms with van der Waals surface area (Å²) in [5.41, 5.74) is -0.572. The molecule has 0 bridgehead atoms. The highest BCUT2D eigenvalue weighted by Gasteiger charge is 2.34. The van der Waals surface area contributed by atoms with Crippen LogP contribution in [0.15, 0.2) is 77.7 Å². The molecule has 3 aromatic rings. The minimum atomic E-state index is -4.73. The van der Waals surface area contributed by atoms with Crippen molar-refractivity contribution in [3.05, 3.63) is 88.9 Å². The Kier molecular flexibility index (Phi) is 9.45. The SMILES string of the molecule is CCOc1ccccc1CCCNC(=O)CN(c1cc(C(F)(F)F)ccc1Cl)S(=O)(=O)c1ccccc1. The third-order valence-corrected chi connectivity index (χ3v) is 7.47. The fraction of sp³-hybridized carbons (Fsp3) is 0.269. The highest BCUT2D eigenvalue weighted by molar-refractivity contribution is 7.92. The number of sulfonamides is 1. The average molecular weight is 555 g/mol. The molecule has 1 amide bonds. The Morgan fingerprint density at radius 2 is 1.70 bits per heavy atom. The molecular weight excluding hydrogens is 529 g/mol. The molecule has 6 nitrogen and oxygen atoms in total. The van der Waals surface area contributed by atoms with E-state index < -0.39 is 39.9 Å². The second-order valence-electron chi connectivity index (χ2n) is 7.98. The van der Waals surface area contributed by atoms with Gasteiger partial charge in [-0.1, -0.05) is 48.0 Å². The highest BCUT2D eigenvalue weighted by atomic mass is 35.5. The molecule has 0 aliphatic heterocycles. The minimum absolute atomic E-state index is 0.191. The number of rotatable bonds is 11. The van der Waals surface area contributed by atoms with Crippen molar-refractivity contribution in [3.8, 4) is 5.75 Å². The van der Waals surface area contributed by atoms with Crippen LogP contribution in [0, 0.1) is 0 Å². The van der Waals surface area contributed by atoms with E-state index in [4.69, 9.17) is 16.3 Å². The van der Waals surface area contributed by atoms with Gasteiger partial charge < -0.3 is 10.1 Å². The smallest absolute Gasteiger partial charge is 0.416 e. The lowest BCUT2D eigenvalue weighted by Crippen LogP contribution is -2.41. The molecule has 3 rings (SSSR count). The molecule has 0 saturated carbocycles. The van der Waals surface area contributed by atoms with Crippen LogP contribution in [0.4, 0.5) is 18.9 Å². The quantitative estimate of drug-likeness (QED) is 0.308. The summed E-state index contributed by atoms with van der Waals surface area (Å²) < 4.78 is 73.1. The van der Waals surface area contributed by atoms with Crippen molar-refractivity contribution in [2.45, 2.75) is 30.8 Å². The number of halogens is 4. The zero-order valence-electron chi connectivity index (χ0n) is 20.0. The van der Waals surface area contributed by atoms with Crippen molar-refractivity contribution in [2.24, 2.45) is 0 Å². The normalized spacial score (nSPS) is 11.7. The van der Waals surface area contributed by atoms with Crippen molar-refractivity contribution in [1.82, 2.24) is 5.32 Å². The maximum absolute atomic E-state index is 13.4. The molecule has 0 aliphatic carbocycles. The Morgan fingerprint density at radius 3 is 2.38 bits per heavy atom. The van der Waals surface area contributed by atoms with E-state index in [1.54, 1.807) is 6.07 Å². The van der Waals surface area contributed by atoms with E-state index in [9.17, 15) is 26.4 Å². The van der Waals surface area contributed by atoms with Crippen LogP contribution in [0.2, 0.25) is 5.02 Å². The van der Waals surface area contributed by atoms with Gasteiger partial charge in [-0.15, -0.1) is 0 Å². The Hall–Kier alpha value is -3.24. The molecular formula is C26H26ClF3N2O4S. The number of hydrogen-bond donors (Lipinski definition) is 1. The molecule has 37 heavy (non-hydrogen) atoms. The molecule has 0 heterocycles. The molecule has 0 atom stereocenters. The molecule has 0 aliphatic rings. The minimum Gasteiger partial charge on any atom is -0.494 e. The zero-order valence-corrected chi connectivity index (χ0v) is 21.5. The summed E-state index contributed by atoms with van der Waals surface area (Å²) in [7, 11) is -4.42. The van der Waals surface area contributed by atoms with Gasteiger partial charge in [-0.25, -0.2) is 8.42 Å². The van der Waals surface area contributed by atoms with Crippen molar-refractivity contribution in [1.29, 1.82) is 0 Å². The Bertz CT molecular complexity index is 1320. The molecule has 3 aromatic carbocycles. The van der Waals surface area contributed by atoms with Gasteiger partial charge in [0.25, 0.3) is 10.0 Å². The number of ether oxygens (including phenoxy) is 1. The zero-order chi connectivity index (χ0) is 27.1. The van der Waals surface area contributed by atoms with E-state index in [2.05, 4.69) is 5.32 Å². The highest BCUT2D eigenvalue weighted by Crippen LogP contribution is 2.37. The van der Waals surface area contributed by atoms with Crippen LogP contribution in [0.25, 0.3) is 0 Å². The third-order valence-electron chi connectivity index (χ3n) is 5.38. The van der Waals surface area contributed by atoms with Crippen LogP contribution in [0.5, 0.6) is 5.75 Å². The number of anilines is 1.